The summed E-state index contributed by atoms with van der Waals surface area (Å²) in [5, 5.41) is 6.69. The third-order valence-corrected chi connectivity index (χ3v) is 2.62. The van der Waals surface area contributed by atoms with E-state index >= 15 is 0 Å². The number of nitrogens with zero attached hydrogens (tertiary/aromatic N) is 2. The van der Waals surface area contributed by atoms with Gasteiger partial charge in [-0.15, -0.1) is 0 Å². The fraction of sp³-hybridized carbons (Fsp3) is 0.714. The molecule has 0 radical (unpaired) electrons. The number of aryl methyl sites for hydroxylation is 1. The molecule has 0 saturated heterocycles. The van der Waals surface area contributed by atoms with Crippen LogP contribution in [-0.4, -0.2) is 23.1 Å². The smallest absolute Gasteiger partial charge is 0.131 e. The van der Waals surface area contributed by atoms with Crippen LogP contribution in [-0.2, 0) is 0 Å². The summed E-state index contributed by atoms with van der Waals surface area (Å²) < 4.78 is 0. The standard InChI is InChI=1S/C14H26N4/c1-5-6-7-8-15-13-9-14(16-10-11(2)3)18-12(4)17-13/h9,11H,5-8,10H2,1-4H3,(H2,15,16,17,18). The van der Waals surface area contributed by atoms with Crippen LogP contribution in [0.25, 0.3) is 0 Å². The zero-order valence-electron chi connectivity index (χ0n) is 12.1. The number of anilines is 2. The van der Waals surface area contributed by atoms with E-state index in [1.807, 2.05) is 13.0 Å². The molecule has 0 aliphatic carbocycles. The number of nitrogens with one attached hydrogen (secondary N) is 2. The Morgan fingerprint density at radius 3 is 2.39 bits per heavy atom. The summed E-state index contributed by atoms with van der Waals surface area (Å²) in [7, 11) is 0. The lowest BCUT2D eigenvalue weighted by molar-refractivity contribution is 0.686. The molecule has 0 aliphatic rings. The molecule has 102 valence electrons. The highest BCUT2D eigenvalue weighted by molar-refractivity contribution is 5.47. The van der Waals surface area contributed by atoms with Gasteiger partial charge in [0.2, 0.25) is 0 Å². The van der Waals surface area contributed by atoms with Gasteiger partial charge in [-0.1, -0.05) is 33.6 Å². The molecule has 0 atom stereocenters. The van der Waals surface area contributed by atoms with Crippen molar-refractivity contribution >= 4 is 11.6 Å². The molecule has 2 N–H and O–H groups in total. The molecular weight excluding hydrogens is 224 g/mol. The van der Waals surface area contributed by atoms with Gasteiger partial charge in [-0.3, -0.25) is 0 Å². The first kappa shape index (κ1) is 14.7. The summed E-state index contributed by atoms with van der Waals surface area (Å²) in [6.45, 7) is 10.4. The van der Waals surface area contributed by atoms with Gasteiger partial charge in [-0.2, -0.15) is 0 Å². The number of hydrogen-bond donors (Lipinski definition) is 2. The van der Waals surface area contributed by atoms with Crippen molar-refractivity contribution in [1.82, 2.24) is 9.97 Å². The fourth-order valence-electron chi connectivity index (χ4n) is 1.65. The van der Waals surface area contributed by atoms with Gasteiger partial charge in [0, 0.05) is 19.2 Å². The maximum atomic E-state index is 4.40. The third kappa shape index (κ3) is 5.84. The van der Waals surface area contributed by atoms with E-state index in [0.717, 1.165) is 30.5 Å². The molecule has 0 aromatic carbocycles. The SMILES string of the molecule is CCCCCNc1cc(NCC(C)C)nc(C)n1. The molecule has 1 aromatic rings. The van der Waals surface area contributed by atoms with Crippen LogP contribution in [0.3, 0.4) is 0 Å². The average Bonchev–Trinajstić information content (AvgIpc) is 2.32. The Balaban J connectivity index is 2.51. The lowest BCUT2D eigenvalue weighted by Gasteiger charge is -2.11. The van der Waals surface area contributed by atoms with Gasteiger partial charge >= 0.3 is 0 Å². The van der Waals surface area contributed by atoms with Gasteiger partial charge in [0.1, 0.15) is 17.5 Å². The Labute approximate surface area is 111 Å². The van der Waals surface area contributed by atoms with Gasteiger partial charge in [0.15, 0.2) is 0 Å². The highest BCUT2D eigenvalue weighted by Gasteiger charge is 2.02. The number of hydrogen-bond acceptors (Lipinski definition) is 4. The van der Waals surface area contributed by atoms with Crippen molar-refractivity contribution in [3.63, 3.8) is 0 Å². The van der Waals surface area contributed by atoms with E-state index in [0.29, 0.717) is 5.92 Å². The number of rotatable bonds is 8. The molecule has 4 nitrogen and oxygen atoms in total. The second-order valence-electron chi connectivity index (χ2n) is 5.09. The monoisotopic (exact) mass is 250 g/mol. The Morgan fingerprint density at radius 1 is 1.11 bits per heavy atom. The second-order valence-corrected chi connectivity index (χ2v) is 5.09. The Morgan fingerprint density at radius 2 is 1.78 bits per heavy atom. The van der Waals surface area contributed by atoms with E-state index in [4.69, 9.17) is 0 Å². The first-order valence-electron chi connectivity index (χ1n) is 6.95. The van der Waals surface area contributed by atoms with Crippen LogP contribution in [0.15, 0.2) is 6.07 Å². The molecule has 0 bridgehead atoms. The highest BCUT2D eigenvalue weighted by atomic mass is 15.1. The van der Waals surface area contributed by atoms with Crippen LogP contribution in [0.4, 0.5) is 11.6 Å². The molecule has 0 aliphatic heterocycles. The molecule has 0 unspecified atom stereocenters. The molecule has 0 fully saturated rings. The van der Waals surface area contributed by atoms with E-state index < -0.39 is 0 Å². The Kier molecular flexibility index (Phi) is 6.47. The molecular formula is C14H26N4. The lowest BCUT2D eigenvalue weighted by Crippen LogP contribution is -2.11. The predicted octanol–water partition coefficient (Wildman–Crippen LogP) is 3.46. The van der Waals surface area contributed by atoms with Crippen LogP contribution in [0, 0.1) is 12.8 Å². The normalized spacial score (nSPS) is 10.7. The number of aromatic nitrogens is 2. The van der Waals surface area contributed by atoms with E-state index in [1.54, 1.807) is 0 Å². The van der Waals surface area contributed by atoms with Gasteiger partial charge < -0.3 is 10.6 Å². The molecule has 1 rings (SSSR count). The van der Waals surface area contributed by atoms with Crippen molar-refractivity contribution in [1.29, 1.82) is 0 Å². The van der Waals surface area contributed by atoms with Crippen molar-refractivity contribution in [3.8, 4) is 0 Å². The maximum Gasteiger partial charge on any atom is 0.131 e. The van der Waals surface area contributed by atoms with Crippen LogP contribution in [0.1, 0.15) is 45.9 Å². The molecule has 1 heterocycles. The topological polar surface area (TPSA) is 49.8 Å². The minimum absolute atomic E-state index is 0.612. The summed E-state index contributed by atoms with van der Waals surface area (Å²) in [6.07, 6.45) is 3.69. The molecule has 1 aromatic heterocycles. The largest absolute Gasteiger partial charge is 0.370 e. The quantitative estimate of drug-likeness (QED) is 0.694. The Bertz CT molecular complexity index is 350. The minimum atomic E-state index is 0.612. The van der Waals surface area contributed by atoms with Crippen molar-refractivity contribution in [2.24, 2.45) is 5.92 Å². The maximum absolute atomic E-state index is 4.40. The van der Waals surface area contributed by atoms with Crippen molar-refractivity contribution in [2.45, 2.75) is 47.0 Å². The average molecular weight is 250 g/mol. The summed E-state index contributed by atoms with van der Waals surface area (Å²) in [6, 6.07) is 1.99. The number of unbranched alkanes of at least 4 members (excludes halogenated alkanes) is 2. The Hall–Kier alpha value is -1.32. The van der Waals surface area contributed by atoms with Crippen LogP contribution >= 0.6 is 0 Å². The first-order chi connectivity index (χ1) is 8.61. The van der Waals surface area contributed by atoms with Gasteiger partial charge in [0.25, 0.3) is 0 Å². The van der Waals surface area contributed by atoms with Crippen molar-refractivity contribution in [2.75, 3.05) is 23.7 Å². The fourth-order valence-corrected chi connectivity index (χ4v) is 1.65. The summed E-state index contributed by atoms with van der Waals surface area (Å²) in [4.78, 5) is 8.78. The van der Waals surface area contributed by atoms with Crippen LogP contribution < -0.4 is 10.6 Å². The minimum Gasteiger partial charge on any atom is -0.370 e. The van der Waals surface area contributed by atoms with E-state index in [1.165, 1.54) is 19.3 Å². The zero-order valence-corrected chi connectivity index (χ0v) is 12.1. The third-order valence-electron chi connectivity index (χ3n) is 2.62. The molecule has 4 heteroatoms. The van der Waals surface area contributed by atoms with E-state index in [9.17, 15) is 0 Å². The first-order valence-corrected chi connectivity index (χ1v) is 6.95. The molecule has 0 saturated carbocycles. The predicted molar refractivity (Wildman–Crippen MR) is 78.1 cm³/mol. The van der Waals surface area contributed by atoms with Crippen molar-refractivity contribution in [3.05, 3.63) is 11.9 Å². The van der Waals surface area contributed by atoms with Gasteiger partial charge in [0.05, 0.1) is 0 Å². The second kappa shape index (κ2) is 7.90. The van der Waals surface area contributed by atoms with Crippen molar-refractivity contribution < 1.29 is 0 Å². The summed E-state index contributed by atoms with van der Waals surface area (Å²) in [5.41, 5.74) is 0. The lowest BCUT2D eigenvalue weighted by atomic mass is 10.2. The molecule has 18 heavy (non-hydrogen) atoms. The highest BCUT2D eigenvalue weighted by Crippen LogP contribution is 2.12. The van der Waals surface area contributed by atoms with E-state index in [-0.39, 0.29) is 0 Å². The van der Waals surface area contributed by atoms with Gasteiger partial charge in [-0.05, 0) is 19.3 Å². The zero-order chi connectivity index (χ0) is 13.4. The molecule has 0 spiro atoms. The van der Waals surface area contributed by atoms with Crippen LogP contribution in [0.5, 0.6) is 0 Å². The summed E-state index contributed by atoms with van der Waals surface area (Å²) >= 11 is 0. The summed E-state index contributed by atoms with van der Waals surface area (Å²) in [5.74, 6) is 3.25. The van der Waals surface area contributed by atoms with Gasteiger partial charge in [-0.25, -0.2) is 9.97 Å². The molecule has 0 amide bonds. The van der Waals surface area contributed by atoms with E-state index in [2.05, 4.69) is 41.4 Å². The van der Waals surface area contributed by atoms with Crippen LogP contribution in [0.2, 0.25) is 0 Å².